The van der Waals surface area contributed by atoms with Gasteiger partial charge in [-0.25, -0.2) is 4.98 Å². The Hall–Kier alpha value is -0.950. The van der Waals surface area contributed by atoms with E-state index in [1.54, 1.807) is 23.0 Å². The van der Waals surface area contributed by atoms with Crippen molar-refractivity contribution in [3.63, 3.8) is 0 Å². The molecule has 2 aromatic heterocycles. The predicted molar refractivity (Wildman–Crippen MR) is 68.7 cm³/mol. The molecule has 7 heteroatoms. The van der Waals surface area contributed by atoms with Gasteiger partial charge in [-0.2, -0.15) is 0 Å². The maximum Gasteiger partial charge on any atom is 0.270 e. The fourth-order valence-corrected chi connectivity index (χ4v) is 2.79. The third kappa shape index (κ3) is 3.26. The second-order valence-electron chi connectivity index (χ2n) is 3.24. The van der Waals surface area contributed by atoms with E-state index in [1.165, 1.54) is 22.7 Å². The smallest absolute Gasteiger partial charge is 0.270 e. The highest BCUT2D eigenvalue weighted by Crippen LogP contribution is 2.26. The van der Waals surface area contributed by atoms with E-state index in [4.69, 9.17) is 11.6 Å². The summed E-state index contributed by atoms with van der Waals surface area (Å²) in [4.78, 5) is 16.2. The average molecular weight is 289 g/mol. The topological polar surface area (TPSA) is 62.2 Å². The van der Waals surface area contributed by atoms with Crippen LogP contribution in [0.25, 0.3) is 0 Å². The number of thiazole rings is 1. The summed E-state index contributed by atoms with van der Waals surface area (Å²) in [5.41, 5.74) is 1.95. The number of hydrogen-bond acceptors (Lipinski definition) is 5. The Morgan fingerprint density at radius 2 is 2.41 bits per heavy atom. The lowest BCUT2D eigenvalue weighted by molar-refractivity contribution is 0.0914. The first-order chi connectivity index (χ1) is 8.16. The van der Waals surface area contributed by atoms with Crippen molar-refractivity contribution < 1.29 is 9.90 Å². The Bertz CT molecular complexity index is 498. The second-order valence-corrected chi connectivity index (χ2v) is 5.71. The normalized spacial score (nSPS) is 12.4. The van der Waals surface area contributed by atoms with E-state index in [0.717, 1.165) is 4.88 Å². The number of carbonyl (C=O) groups is 1. The lowest BCUT2D eigenvalue weighted by Crippen LogP contribution is -2.28. The highest BCUT2D eigenvalue weighted by atomic mass is 35.5. The number of thiophene rings is 1. The van der Waals surface area contributed by atoms with Crippen LogP contribution in [0.3, 0.4) is 0 Å². The van der Waals surface area contributed by atoms with Crippen LogP contribution in [-0.2, 0) is 0 Å². The van der Waals surface area contributed by atoms with E-state index in [9.17, 15) is 9.90 Å². The third-order valence-electron chi connectivity index (χ3n) is 2.04. The molecule has 17 heavy (non-hydrogen) atoms. The van der Waals surface area contributed by atoms with Crippen LogP contribution < -0.4 is 5.32 Å². The van der Waals surface area contributed by atoms with E-state index in [2.05, 4.69) is 10.3 Å². The SMILES string of the molecule is O=C(NC[C@@H](O)c1ccc(Cl)s1)c1cscn1. The van der Waals surface area contributed by atoms with Crippen LogP contribution in [0.15, 0.2) is 23.0 Å². The highest BCUT2D eigenvalue weighted by molar-refractivity contribution is 7.16. The molecule has 1 atom stereocenters. The lowest BCUT2D eigenvalue weighted by atomic mass is 10.3. The molecule has 2 heterocycles. The molecule has 0 aliphatic rings. The molecule has 0 aliphatic heterocycles. The first-order valence-electron chi connectivity index (χ1n) is 4.76. The summed E-state index contributed by atoms with van der Waals surface area (Å²) in [5.74, 6) is -0.284. The molecule has 0 aromatic carbocycles. The Balaban J connectivity index is 1.88. The molecule has 2 N–H and O–H groups in total. The zero-order chi connectivity index (χ0) is 12.3. The van der Waals surface area contributed by atoms with Crippen molar-refractivity contribution in [2.75, 3.05) is 6.54 Å². The molecule has 0 spiro atoms. The number of carbonyl (C=O) groups excluding carboxylic acids is 1. The number of nitrogens with zero attached hydrogens (tertiary/aromatic N) is 1. The van der Waals surface area contributed by atoms with Crippen molar-refractivity contribution >= 4 is 40.2 Å². The molecule has 0 saturated carbocycles. The number of aromatic nitrogens is 1. The molecular formula is C10H9ClN2O2S2. The van der Waals surface area contributed by atoms with Crippen molar-refractivity contribution in [3.8, 4) is 0 Å². The largest absolute Gasteiger partial charge is 0.386 e. The van der Waals surface area contributed by atoms with Gasteiger partial charge in [0.25, 0.3) is 5.91 Å². The maximum absolute atomic E-state index is 11.5. The molecule has 2 aromatic rings. The first-order valence-corrected chi connectivity index (χ1v) is 6.90. The van der Waals surface area contributed by atoms with E-state index >= 15 is 0 Å². The van der Waals surface area contributed by atoms with Gasteiger partial charge in [0, 0.05) is 16.8 Å². The van der Waals surface area contributed by atoms with Gasteiger partial charge < -0.3 is 10.4 Å². The van der Waals surface area contributed by atoms with Crippen molar-refractivity contribution in [1.29, 1.82) is 0 Å². The summed E-state index contributed by atoms with van der Waals surface area (Å²) < 4.78 is 0.616. The van der Waals surface area contributed by atoms with Gasteiger partial charge in [0.2, 0.25) is 0 Å². The molecule has 0 bridgehead atoms. The van der Waals surface area contributed by atoms with E-state index in [0.29, 0.717) is 10.0 Å². The zero-order valence-corrected chi connectivity index (χ0v) is 11.0. The Morgan fingerprint density at radius 1 is 1.59 bits per heavy atom. The summed E-state index contributed by atoms with van der Waals surface area (Å²) in [6.45, 7) is 0.146. The standard InChI is InChI=1S/C10H9ClN2O2S2/c11-9-2-1-8(17-9)7(14)3-12-10(15)6-4-16-5-13-6/h1-2,4-5,7,14H,3H2,(H,12,15)/t7-/m1/s1. The van der Waals surface area contributed by atoms with Gasteiger partial charge in [0.1, 0.15) is 11.8 Å². The minimum Gasteiger partial charge on any atom is -0.386 e. The third-order valence-corrected chi connectivity index (χ3v) is 3.96. The summed E-state index contributed by atoms with van der Waals surface area (Å²) in [6.07, 6.45) is -0.741. The average Bonchev–Trinajstić information content (AvgIpc) is 2.95. The molecule has 4 nitrogen and oxygen atoms in total. The Kier molecular flexibility index (Phi) is 4.11. The number of amides is 1. The summed E-state index contributed by atoms with van der Waals surface area (Å²) in [7, 11) is 0. The van der Waals surface area contributed by atoms with Crippen LogP contribution in [0.2, 0.25) is 4.34 Å². The number of rotatable bonds is 4. The van der Waals surface area contributed by atoms with Gasteiger partial charge in [-0.1, -0.05) is 11.6 Å². The predicted octanol–water partition coefficient (Wildman–Crippen LogP) is 2.32. The fraction of sp³-hybridized carbons (Fsp3) is 0.200. The molecular weight excluding hydrogens is 280 g/mol. The molecule has 90 valence electrons. The van der Waals surface area contributed by atoms with E-state index in [1.807, 2.05) is 0 Å². The summed E-state index contributed by atoms with van der Waals surface area (Å²) >= 11 is 8.41. The minimum atomic E-state index is -0.741. The van der Waals surface area contributed by atoms with Crippen molar-refractivity contribution in [2.45, 2.75) is 6.10 Å². The summed E-state index contributed by atoms with van der Waals surface area (Å²) in [5, 5.41) is 14.1. The van der Waals surface area contributed by atoms with Crippen LogP contribution >= 0.6 is 34.3 Å². The molecule has 0 radical (unpaired) electrons. The molecule has 2 rings (SSSR count). The molecule has 1 amide bonds. The van der Waals surface area contributed by atoms with Gasteiger partial charge >= 0.3 is 0 Å². The monoisotopic (exact) mass is 288 g/mol. The number of aliphatic hydroxyl groups excluding tert-OH is 1. The van der Waals surface area contributed by atoms with E-state index in [-0.39, 0.29) is 12.5 Å². The van der Waals surface area contributed by atoms with Gasteiger partial charge in [-0.15, -0.1) is 22.7 Å². The number of halogens is 1. The minimum absolute atomic E-state index is 0.146. The van der Waals surface area contributed by atoms with Crippen LogP contribution in [0.1, 0.15) is 21.5 Å². The van der Waals surface area contributed by atoms with Gasteiger partial charge in [-0.3, -0.25) is 4.79 Å². The fourth-order valence-electron chi connectivity index (χ4n) is 1.21. The van der Waals surface area contributed by atoms with Crippen LogP contribution in [-0.4, -0.2) is 22.5 Å². The molecule has 0 aliphatic carbocycles. The number of aliphatic hydroxyl groups is 1. The molecule has 0 saturated heterocycles. The van der Waals surface area contributed by atoms with Crippen molar-refractivity contribution in [3.05, 3.63) is 37.9 Å². The van der Waals surface area contributed by atoms with Gasteiger partial charge in [-0.05, 0) is 12.1 Å². The Labute approximate surface area is 111 Å². The number of hydrogen-bond donors (Lipinski definition) is 2. The molecule has 0 fully saturated rings. The van der Waals surface area contributed by atoms with Crippen LogP contribution in [0.4, 0.5) is 0 Å². The molecule has 0 unspecified atom stereocenters. The van der Waals surface area contributed by atoms with Gasteiger partial charge in [0.15, 0.2) is 0 Å². The maximum atomic E-state index is 11.5. The van der Waals surface area contributed by atoms with Gasteiger partial charge in [0.05, 0.1) is 9.85 Å². The second kappa shape index (κ2) is 5.59. The van der Waals surface area contributed by atoms with E-state index < -0.39 is 6.10 Å². The summed E-state index contributed by atoms with van der Waals surface area (Å²) in [6, 6.07) is 3.46. The van der Waals surface area contributed by atoms with Crippen molar-refractivity contribution in [2.24, 2.45) is 0 Å². The first kappa shape index (κ1) is 12.5. The number of nitrogens with one attached hydrogen (secondary N) is 1. The van der Waals surface area contributed by atoms with Crippen molar-refractivity contribution in [1.82, 2.24) is 10.3 Å². The highest BCUT2D eigenvalue weighted by Gasteiger charge is 2.13. The Morgan fingerprint density at radius 3 is 3.00 bits per heavy atom. The lowest BCUT2D eigenvalue weighted by Gasteiger charge is -2.08. The zero-order valence-electron chi connectivity index (χ0n) is 8.59. The van der Waals surface area contributed by atoms with Crippen LogP contribution in [0.5, 0.6) is 0 Å². The van der Waals surface area contributed by atoms with Crippen LogP contribution in [0, 0.1) is 0 Å². The quantitative estimate of drug-likeness (QED) is 0.907.